The van der Waals surface area contributed by atoms with Crippen LogP contribution in [0.2, 0.25) is 0 Å². The molecule has 96 valence electrons. The summed E-state index contributed by atoms with van der Waals surface area (Å²) in [5.74, 6) is 0. The molecule has 0 amide bonds. The van der Waals surface area contributed by atoms with Crippen molar-refractivity contribution >= 4 is 27.7 Å². The van der Waals surface area contributed by atoms with Gasteiger partial charge in [-0.15, -0.1) is 5.10 Å². The molecule has 0 aliphatic carbocycles. The monoisotopic (exact) mass is 329 g/mol. The van der Waals surface area contributed by atoms with Gasteiger partial charge < -0.3 is 5.11 Å². The van der Waals surface area contributed by atoms with Gasteiger partial charge in [0.2, 0.25) is 0 Å². The highest BCUT2D eigenvalue weighted by Gasteiger charge is 2.11. The highest BCUT2D eigenvalue weighted by atomic mass is 79.9. The SMILES string of the molecule is CCn1c(Sc2ccc(Br)cc2CO)n[nH]c1=O. The third kappa shape index (κ3) is 2.68. The minimum Gasteiger partial charge on any atom is -0.392 e. The van der Waals surface area contributed by atoms with Gasteiger partial charge in [-0.2, -0.15) is 0 Å². The van der Waals surface area contributed by atoms with Gasteiger partial charge in [-0.1, -0.05) is 15.9 Å². The third-order valence-corrected chi connectivity index (χ3v) is 4.04. The minimum absolute atomic E-state index is 0.0530. The summed E-state index contributed by atoms with van der Waals surface area (Å²) in [4.78, 5) is 12.3. The zero-order valence-corrected chi connectivity index (χ0v) is 12.1. The quantitative estimate of drug-likeness (QED) is 0.899. The second-order valence-corrected chi connectivity index (χ2v) is 5.49. The fourth-order valence-corrected chi connectivity index (χ4v) is 2.94. The molecule has 1 heterocycles. The topological polar surface area (TPSA) is 70.9 Å². The average Bonchev–Trinajstić information content (AvgIpc) is 2.72. The summed E-state index contributed by atoms with van der Waals surface area (Å²) in [5, 5.41) is 16.3. The summed E-state index contributed by atoms with van der Waals surface area (Å²) in [6.07, 6.45) is 0. The molecule has 5 nitrogen and oxygen atoms in total. The van der Waals surface area contributed by atoms with Crippen LogP contribution in [-0.2, 0) is 13.2 Å². The Balaban J connectivity index is 2.36. The van der Waals surface area contributed by atoms with E-state index in [1.807, 2.05) is 25.1 Å². The van der Waals surface area contributed by atoms with Gasteiger partial charge in [0.05, 0.1) is 6.61 Å². The number of hydrogen-bond acceptors (Lipinski definition) is 4. The fourth-order valence-electron chi connectivity index (χ4n) is 1.53. The Morgan fingerprint density at radius 3 is 3.00 bits per heavy atom. The number of aliphatic hydroxyl groups is 1. The van der Waals surface area contributed by atoms with Crippen LogP contribution in [0.1, 0.15) is 12.5 Å². The Morgan fingerprint density at radius 2 is 2.33 bits per heavy atom. The normalized spacial score (nSPS) is 10.8. The third-order valence-electron chi connectivity index (χ3n) is 2.43. The Bertz CT molecular complexity index is 609. The summed E-state index contributed by atoms with van der Waals surface area (Å²) >= 11 is 4.72. The van der Waals surface area contributed by atoms with E-state index in [0.717, 1.165) is 14.9 Å². The van der Waals surface area contributed by atoms with Crippen molar-refractivity contribution < 1.29 is 5.11 Å². The van der Waals surface area contributed by atoms with Crippen LogP contribution in [0.5, 0.6) is 0 Å². The predicted molar refractivity (Wildman–Crippen MR) is 72.7 cm³/mol. The summed E-state index contributed by atoms with van der Waals surface area (Å²) in [6.45, 7) is 2.39. The maximum atomic E-state index is 11.4. The van der Waals surface area contributed by atoms with E-state index >= 15 is 0 Å². The molecule has 0 fully saturated rings. The molecular formula is C11H12BrN3O2S. The van der Waals surface area contributed by atoms with Crippen LogP contribution in [-0.4, -0.2) is 19.9 Å². The lowest BCUT2D eigenvalue weighted by molar-refractivity contribution is 0.279. The van der Waals surface area contributed by atoms with Crippen LogP contribution < -0.4 is 5.69 Å². The van der Waals surface area contributed by atoms with E-state index < -0.39 is 0 Å². The molecule has 18 heavy (non-hydrogen) atoms. The van der Waals surface area contributed by atoms with Crippen LogP contribution in [0, 0.1) is 0 Å². The van der Waals surface area contributed by atoms with Gasteiger partial charge in [-0.25, -0.2) is 9.89 Å². The van der Waals surface area contributed by atoms with Crippen molar-refractivity contribution in [1.29, 1.82) is 0 Å². The molecule has 2 aromatic rings. The smallest absolute Gasteiger partial charge is 0.343 e. The molecule has 0 saturated carbocycles. The highest BCUT2D eigenvalue weighted by molar-refractivity contribution is 9.10. The maximum absolute atomic E-state index is 11.4. The van der Waals surface area contributed by atoms with Gasteiger partial charge in [0.25, 0.3) is 0 Å². The molecular weight excluding hydrogens is 318 g/mol. The first-order valence-corrected chi connectivity index (χ1v) is 6.99. The van der Waals surface area contributed by atoms with Gasteiger partial charge in [-0.05, 0) is 42.4 Å². The Morgan fingerprint density at radius 1 is 1.56 bits per heavy atom. The van der Waals surface area contributed by atoms with Crippen LogP contribution in [0.15, 0.2) is 37.5 Å². The Labute approximate surface area is 116 Å². The highest BCUT2D eigenvalue weighted by Crippen LogP contribution is 2.30. The molecule has 1 aromatic heterocycles. The number of halogens is 1. The van der Waals surface area contributed by atoms with Crippen LogP contribution >= 0.6 is 27.7 Å². The van der Waals surface area contributed by atoms with Crippen molar-refractivity contribution in [3.8, 4) is 0 Å². The average molecular weight is 330 g/mol. The molecule has 0 saturated heterocycles. The van der Waals surface area contributed by atoms with E-state index in [0.29, 0.717) is 11.7 Å². The van der Waals surface area contributed by atoms with Crippen molar-refractivity contribution in [3.05, 3.63) is 38.7 Å². The molecule has 2 N–H and O–H groups in total. The van der Waals surface area contributed by atoms with Crippen molar-refractivity contribution in [1.82, 2.24) is 14.8 Å². The summed E-state index contributed by atoms with van der Waals surface area (Å²) in [7, 11) is 0. The van der Waals surface area contributed by atoms with Gasteiger partial charge >= 0.3 is 5.69 Å². The van der Waals surface area contributed by atoms with E-state index in [1.165, 1.54) is 11.8 Å². The molecule has 0 aliphatic rings. The van der Waals surface area contributed by atoms with Gasteiger partial charge in [0.1, 0.15) is 0 Å². The number of aromatic amines is 1. The fraction of sp³-hybridized carbons (Fsp3) is 0.273. The number of aromatic nitrogens is 3. The van der Waals surface area contributed by atoms with Gasteiger partial charge in [0, 0.05) is 15.9 Å². The summed E-state index contributed by atoms with van der Waals surface area (Å²) in [5.41, 5.74) is 0.579. The Kier molecular flexibility index (Phi) is 4.26. The molecule has 0 unspecified atom stereocenters. The zero-order chi connectivity index (χ0) is 13.1. The molecule has 0 atom stereocenters. The van der Waals surface area contributed by atoms with Crippen molar-refractivity contribution in [2.75, 3.05) is 0 Å². The number of aliphatic hydroxyl groups excluding tert-OH is 1. The van der Waals surface area contributed by atoms with Gasteiger partial charge in [0.15, 0.2) is 5.16 Å². The van der Waals surface area contributed by atoms with Crippen molar-refractivity contribution in [3.63, 3.8) is 0 Å². The second-order valence-electron chi connectivity index (χ2n) is 3.57. The molecule has 7 heteroatoms. The van der Waals surface area contributed by atoms with Crippen molar-refractivity contribution in [2.24, 2.45) is 0 Å². The minimum atomic E-state index is -0.220. The van der Waals surface area contributed by atoms with E-state index in [9.17, 15) is 9.90 Å². The standard InChI is InChI=1S/C11H12BrN3O2S/c1-2-15-10(17)13-14-11(15)18-9-4-3-8(12)5-7(9)6-16/h3-5,16H,2,6H2,1H3,(H,13,17). The largest absolute Gasteiger partial charge is 0.392 e. The summed E-state index contributed by atoms with van der Waals surface area (Å²) in [6, 6.07) is 5.63. The summed E-state index contributed by atoms with van der Waals surface area (Å²) < 4.78 is 2.46. The number of nitrogens with one attached hydrogen (secondary N) is 1. The second kappa shape index (κ2) is 5.73. The first kappa shape index (κ1) is 13.4. The molecule has 0 spiro atoms. The van der Waals surface area contributed by atoms with Crippen LogP contribution in [0.3, 0.4) is 0 Å². The molecule has 2 rings (SSSR count). The number of H-pyrrole nitrogens is 1. The molecule has 1 aromatic carbocycles. The number of hydrogen-bond donors (Lipinski definition) is 2. The molecule has 0 radical (unpaired) electrons. The predicted octanol–water partition coefficient (Wildman–Crippen LogP) is 2.00. The van der Waals surface area contributed by atoms with E-state index in [2.05, 4.69) is 26.1 Å². The van der Waals surface area contributed by atoms with E-state index in [1.54, 1.807) is 4.57 Å². The lowest BCUT2D eigenvalue weighted by Gasteiger charge is -2.07. The lowest BCUT2D eigenvalue weighted by atomic mass is 10.2. The number of benzene rings is 1. The van der Waals surface area contributed by atoms with Crippen LogP contribution in [0.25, 0.3) is 0 Å². The first-order chi connectivity index (χ1) is 8.65. The zero-order valence-electron chi connectivity index (χ0n) is 9.68. The maximum Gasteiger partial charge on any atom is 0.343 e. The number of nitrogens with zero attached hydrogens (tertiary/aromatic N) is 2. The first-order valence-electron chi connectivity index (χ1n) is 5.38. The van der Waals surface area contributed by atoms with Crippen molar-refractivity contribution in [2.45, 2.75) is 30.1 Å². The van der Waals surface area contributed by atoms with Crippen LogP contribution in [0.4, 0.5) is 0 Å². The molecule has 0 aliphatic heterocycles. The lowest BCUT2D eigenvalue weighted by Crippen LogP contribution is -2.16. The van der Waals surface area contributed by atoms with Gasteiger partial charge in [-0.3, -0.25) is 4.57 Å². The Hall–Kier alpha value is -1.05. The van der Waals surface area contributed by atoms with E-state index in [4.69, 9.17) is 0 Å². The van der Waals surface area contributed by atoms with E-state index in [-0.39, 0.29) is 12.3 Å². The molecule has 0 bridgehead atoms. The number of rotatable bonds is 4.